The van der Waals surface area contributed by atoms with E-state index in [1.807, 2.05) is 26.0 Å². The first-order chi connectivity index (χ1) is 10.3. The molecule has 0 atom stereocenters. The summed E-state index contributed by atoms with van der Waals surface area (Å²) in [4.78, 5) is 23.5. The van der Waals surface area contributed by atoms with Gasteiger partial charge in [-0.1, -0.05) is 26.7 Å². The number of rotatable bonds is 2. The zero-order chi connectivity index (χ0) is 15.2. The normalized spacial score (nSPS) is 14.6. The smallest absolute Gasteiger partial charge is 0.265 e. The fourth-order valence-electron chi connectivity index (χ4n) is 2.59. The molecule has 1 aliphatic carbocycles. The molecule has 0 radical (unpaired) electrons. The van der Waals surface area contributed by atoms with E-state index in [2.05, 4.69) is 30.9 Å². The third kappa shape index (κ3) is 3.59. The lowest BCUT2D eigenvalue weighted by Gasteiger charge is -2.12. The van der Waals surface area contributed by atoms with Crippen molar-refractivity contribution in [3.05, 3.63) is 45.0 Å². The van der Waals surface area contributed by atoms with E-state index in [1.54, 1.807) is 12.4 Å². The van der Waals surface area contributed by atoms with Crippen molar-refractivity contribution in [2.75, 3.05) is 0 Å². The predicted octanol–water partition coefficient (Wildman–Crippen LogP) is 4.28. The second kappa shape index (κ2) is 7.50. The summed E-state index contributed by atoms with van der Waals surface area (Å²) in [7, 11) is 0. The van der Waals surface area contributed by atoms with Crippen LogP contribution >= 0.6 is 15.9 Å². The predicted molar refractivity (Wildman–Crippen MR) is 88.3 cm³/mol. The number of nitrogens with one attached hydrogen (secondary N) is 1. The van der Waals surface area contributed by atoms with Crippen molar-refractivity contribution in [2.45, 2.75) is 45.4 Å². The minimum Gasteiger partial charge on any atom is -0.306 e. The minimum atomic E-state index is -0.108. The van der Waals surface area contributed by atoms with Crippen molar-refractivity contribution in [1.29, 1.82) is 0 Å². The molecule has 0 saturated heterocycles. The minimum absolute atomic E-state index is 0.108. The summed E-state index contributed by atoms with van der Waals surface area (Å²) in [5.74, 6) is 1.02. The van der Waals surface area contributed by atoms with Crippen molar-refractivity contribution in [2.24, 2.45) is 0 Å². The van der Waals surface area contributed by atoms with Gasteiger partial charge in [0.15, 0.2) is 0 Å². The van der Waals surface area contributed by atoms with E-state index in [0.717, 1.165) is 24.1 Å². The van der Waals surface area contributed by atoms with Crippen LogP contribution in [0, 0.1) is 0 Å². The molecule has 0 amide bonds. The van der Waals surface area contributed by atoms with E-state index in [1.165, 1.54) is 12.8 Å². The van der Waals surface area contributed by atoms with Crippen LogP contribution in [0.4, 0.5) is 0 Å². The van der Waals surface area contributed by atoms with Gasteiger partial charge in [0, 0.05) is 23.9 Å². The summed E-state index contributed by atoms with van der Waals surface area (Å²) in [6.45, 7) is 4.00. The molecule has 0 aliphatic heterocycles. The molecule has 3 rings (SSSR count). The van der Waals surface area contributed by atoms with E-state index < -0.39 is 0 Å². The molecule has 4 nitrogen and oxygen atoms in total. The van der Waals surface area contributed by atoms with Crippen molar-refractivity contribution in [3.63, 3.8) is 0 Å². The zero-order valence-corrected chi connectivity index (χ0v) is 14.0. The number of hydrogen-bond donors (Lipinski definition) is 1. The van der Waals surface area contributed by atoms with Crippen molar-refractivity contribution >= 4 is 15.9 Å². The lowest BCUT2D eigenvalue weighted by molar-refractivity contribution is 0.688. The number of aromatic amines is 1. The molecule has 0 bridgehead atoms. The van der Waals surface area contributed by atoms with Gasteiger partial charge in [-0.2, -0.15) is 0 Å². The molecule has 1 fully saturated rings. The van der Waals surface area contributed by atoms with E-state index in [0.29, 0.717) is 16.2 Å². The number of hydrogen-bond acceptors (Lipinski definition) is 3. The molecule has 0 unspecified atom stereocenters. The lowest BCUT2D eigenvalue weighted by Crippen LogP contribution is -2.15. The largest absolute Gasteiger partial charge is 0.306 e. The molecule has 0 aromatic carbocycles. The van der Waals surface area contributed by atoms with Crippen LogP contribution in [0.1, 0.15) is 51.1 Å². The number of H-pyrrole nitrogens is 1. The number of pyridine rings is 1. The molecule has 5 heteroatoms. The first-order valence-corrected chi connectivity index (χ1v) is 8.25. The van der Waals surface area contributed by atoms with Crippen LogP contribution in [0.3, 0.4) is 0 Å². The number of halogens is 1. The average Bonchev–Trinajstić information content (AvgIpc) is 3.07. The van der Waals surface area contributed by atoms with Crippen molar-refractivity contribution in [3.8, 4) is 11.4 Å². The highest BCUT2D eigenvalue weighted by atomic mass is 79.9. The Bertz CT molecular complexity index is 634. The fourth-order valence-corrected chi connectivity index (χ4v) is 3.10. The summed E-state index contributed by atoms with van der Waals surface area (Å²) in [5.41, 5.74) is 1.68. The first kappa shape index (κ1) is 15.9. The maximum atomic E-state index is 12.0. The van der Waals surface area contributed by atoms with Gasteiger partial charge >= 0.3 is 0 Å². The van der Waals surface area contributed by atoms with Gasteiger partial charge in [-0.25, -0.2) is 4.98 Å². The Labute approximate surface area is 133 Å². The lowest BCUT2D eigenvalue weighted by atomic mass is 10.0. The average molecular weight is 350 g/mol. The van der Waals surface area contributed by atoms with Gasteiger partial charge in [0.25, 0.3) is 5.56 Å². The Morgan fingerprint density at radius 3 is 2.43 bits per heavy atom. The highest BCUT2D eigenvalue weighted by Crippen LogP contribution is 2.35. The third-order valence-corrected chi connectivity index (χ3v) is 4.35. The maximum Gasteiger partial charge on any atom is 0.265 e. The highest BCUT2D eigenvalue weighted by Gasteiger charge is 2.23. The Kier molecular flexibility index (Phi) is 5.67. The van der Waals surface area contributed by atoms with Crippen LogP contribution in [0.15, 0.2) is 33.8 Å². The van der Waals surface area contributed by atoms with Crippen LogP contribution < -0.4 is 5.56 Å². The molecule has 2 aromatic heterocycles. The Morgan fingerprint density at radius 2 is 1.81 bits per heavy atom. The molecule has 1 saturated carbocycles. The molecular formula is C16H20BrN3O. The monoisotopic (exact) mass is 349 g/mol. The summed E-state index contributed by atoms with van der Waals surface area (Å²) >= 11 is 3.38. The quantitative estimate of drug-likeness (QED) is 0.880. The van der Waals surface area contributed by atoms with Gasteiger partial charge in [0.1, 0.15) is 10.3 Å². The topological polar surface area (TPSA) is 58.6 Å². The third-order valence-electron chi connectivity index (χ3n) is 3.58. The van der Waals surface area contributed by atoms with Crippen LogP contribution in [0.2, 0.25) is 0 Å². The van der Waals surface area contributed by atoms with Gasteiger partial charge in [-0.3, -0.25) is 9.78 Å². The van der Waals surface area contributed by atoms with E-state index >= 15 is 0 Å². The molecule has 112 valence electrons. The zero-order valence-electron chi connectivity index (χ0n) is 12.4. The van der Waals surface area contributed by atoms with Gasteiger partial charge in [-0.15, -0.1) is 0 Å². The second-order valence-corrected chi connectivity index (χ2v) is 5.62. The summed E-state index contributed by atoms with van der Waals surface area (Å²) in [6.07, 6.45) is 8.07. The number of nitrogens with zero attached hydrogens (tertiary/aromatic N) is 2. The maximum absolute atomic E-state index is 12.0. The molecular weight excluding hydrogens is 330 g/mol. The van der Waals surface area contributed by atoms with Crippen LogP contribution in [0.25, 0.3) is 11.4 Å². The van der Waals surface area contributed by atoms with E-state index in [4.69, 9.17) is 0 Å². The fraction of sp³-hybridized carbons (Fsp3) is 0.438. The van der Waals surface area contributed by atoms with E-state index in [-0.39, 0.29) is 5.56 Å². The van der Waals surface area contributed by atoms with Gasteiger partial charge in [-0.05, 0) is 40.9 Å². The summed E-state index contributed by atoms with van der Waals surface area (Å²) in [5, 5.41) is 0. The van der Waals surface area contributed by atoms with Crippen LogP contribution in [-0.4, -0.2) is 15.0 Å². The highest BCUT2D eigenvalue weighted by molar-refractivity contribution is 9.10. The molecule has 0 spiro atoms. The van der Waals surface area contributed by atoms with Crippen molar-refractivity contribution < 1.29 is 0 Å². The summed E-state index contributed by atoms with van der Waals surface area (Å²) < 4.78 is 0.581. The Hall–Kier alpha value is -1.49. The first-order valence-electron chi connectivity index (χ1n) is 7.46. The Balaban J connectivity index is 0.000000774. The van der Waals surface area contributed by atoms with Gasteiger partial charge in [0.2, 0.25) is 0 Å². The van der Waals surface area contributed by atoms with Gasteiger partial charge in [0.05, 0.1) is 5.69 Å². The van der Waals surface area contributed by atoms with Crippen molar-refractivity contribution in [1.82, 2.24) is 15.0 Å². The molecule has 2 heterocycles. The molecule has 21 heavy (non-hydrogen) atoms. The summed E-state index contributed by atoms with van der Waals surface area (Å²) in [6, 6.07) is 3.70. The standard InChI is InChI=1S/C14H14BrN3O.C2H6/c15-11-12(9-3-1-2-4-9)17-13(18-14(11)19)10-5-7-16-8-6-10;1-2/h5-9H,1-4H2,(H,17,18,19);1-2H3. The Morgan fingerprint density at radius 1 is 1.19 bits per heavy atom. The SMILES string of the molecule is CC.O=c1[nH]c(-c2ccncc2)nc(C2CCCC2)c1Br. The van der Waals surface area contributed by atoms with Crippen LogP contribution in [-0.2, 0) is 0 Å². The van der Waals surface area contributed by atoms with E-state index in [9.17, 15) is 4.79 Å². The number of aromatic nitrogens is 3. The van der Waals surface area contributed by atoms with Crippen LogP contribution in [0.5, 0.6) is 0 Å². The molecule has 2 aromatic rings. The molecule has 1 aliphatic rings. The second-order valence-electron chi connectivity index (χ2n) is 4.83. The van der Waals surface area contributed by atoms with Gasteiger partial charge < -0.3 is 4.98 Å². The molecule has 1 N–H and O–H groups in total.